The molecule has 181 valence electrons. The molecule has 6 rings (SSSR count). The van der Waals surface area contributed by atoms with Crippen molar-refractivity contribution in [2.24, 2.45) is 0 Å². The average Bonchev–Trinajstić information content (AvgIpc) is 3.42. The molecule has 2 aliphatic rings. The summed E-state index contributed by atoms with van der Waals surface area (Å²) in [5, 5.41) is 4.36. The van der Waals surface area contributed by atoms with Gasteiger partial charge < -0.3 is 19.4 Å². The first-order valence-corrected chi connectivity index (χ1v) is 12.8. The van der Waals surface area contributed by atoms with Crippen LogP contribution in [0.3, 0.4) is 0 Å². The first-order chi connectivity index (χ1) is 17.4. The number of nitrogens with one attached hydrogen (secondary N) is 1. The van der Waals surface area contributed by atoms with Crippen LogP contribution in [-0.2, 0) is 5.54 Å². The number of hydrogen-bond acceptors (Lipinski definition) is 6. The minimum absolute atomic E-state index is 0.111. The molecule has 2 aromatic heterocycles. The zero-order chi connectivity index (χ0) is 24.9. The number of oxazole rings is 1. The van der Waals surface area contributed by atoms with Gasteiger partial charge in [0.15, 0.2) is 0 Å². The second-order valence-corrected chi connectivity index (χ2v) is 10.4. The van der Waals surface area contributed by atoms with E-state index in [1.807, 2.05) is 37.3 Å². The van der Waals surface area contributed by atoms with E-state index in [1.54, 1.807) is 18.7 Å². The Morgan fingerprint density at radius 2 is 2.08 bits per heavy atom. The highest BCUT2D eigenvalue weighted by molar-refractivity contribution is 6.11. The van der Waals surface area contributed by atoms with E-state index >= 15 is 0 Å². The maximum Gasteiger partial charge on any atom is 0.252 e. The lowest BCUT2D eigenvalue weighted by Crippen LogP contribution is -2.53. The van der Waals surface area contributed by atoms with Crippen molar-refractivity contribution in [2.45, 2.75) is 43.5 Å². The van der Waals surface area contributed by atoms with E-state index in [-0.39, 0.29) is 11.6 Å². The van der Waals surface area contributed by atoms with E-state index in [2.05, 4.69) is 49.6 Å². The summed E-state index contributed by atoms with van der Waals surface area (Å²) in [4.78, 5) is 24.7. The molecule has 8 heteroatoms. The normalized spacial score (nSPS) is 19.5. The van der Waals surface area contributed by atoms with Gasteiger partial charge in [-0.2, -0.15) is 0 Å². The van der Waals surface area contributed by atoms with Crippen molar-refractivity contribution in [3.8, 4) is 17.2 Å². The van der Waals surface area contributed by atoms with Gasteiger partial charge in [0.2, 0.25) is 5.89 Å². The molecule has 1 saturated heterocycles. The summed E-state index contributed by atoms with van der Waals surface area (Å²) in [7, 11) is 5.81. The summed E-state index contributed by atoms with van der Waals surface area (Å²) in [5.41, 5.74) is 3.66. The quantitative estimate of drug-likeness (QED) is 0.387. The van der Waals surface area contributed by atoms with E-state index < -0.39 is 5.54 Å². The Morgan fingerprint density at radius 1 is 1.22 bits per heavy atom. The molecule has 7 nitrogen and oxygen atoms in total. The van der Waals surface area contributed by atoms with Crippen LogP contribution in [0.15, 0.2) is 65.5 Å². The smallest absolute Gasteiger partial charge is 0.252 e. The highest BCUT2D eigenvalue weighted by atomic mass is 28.1. The van der Waals surface area contributed by atoms with Crippen molar-refractivity contribution >= 4 is 27.1 Å². The van der Waals surface area contributed by atoms with Crippen LogP contribution in [0.5, 0.6) is 5.75 Å². The lowest BCUT2D eigenvalue weighted by molar-refractivity contribution is 0.0562. The van der Waals surface area contributed by atoms with Crippen molar-refractivity contribution < 1.29 is 13.9 Å². The van der Waals surface area contributed by atoms with E-state index in [1.165, 1.54) is 0 Å². The number of carbonyl (C=O) groups is 1. The molecule has 2 fully saturated rings. The fraction of sp³-hybridized carbons (Fsp3) is 0.321. The van der Waals surface area contributed by atoms with Crippen LogP contribution in [0, 0.1) is 6.92 Å². The summed E-state index contributed by atoms with van der Waals surface area (Å²) < 4.78 is 11.7. The monoisotopic (exact) mass is 495 g/mol. The van der Waals surface area contributed by atoms with Gasteiger partial charge in [-0.25, -0.2) is 4.98 Å². The lowest BCUT2D eigenvalue weighted by atomic mass is 9.95. The Balaban J connectivity index is 1.30. The van der Waals surface area contributed by atoms with E-state index in [0.29, 0.717) is 23.2 Å². The van der Waals surface area contributed by atoms with Crippen molar-refractivity contribution in [3.05, 3.63) is 77.8 Å². The van der Waals surface area contributed by atoms with Gasteiger partial charge in [-0.1, -0.05) is 12.1 Å². The number of pyridine rings is 1. The molecule has 2 atom stereocenters. The second kappa shape index (κ2) is 8.87. The van der Waals surface area contributed by atoms with Crippen molar-refractivity contribution in [1.82, 2.24) is 20.2 Å². The summed E-state index contributed by atoms with van der Waals surface area (Å²) in [6.07, 6.45) is 7.75. The van der Waals surface area contributed by atoms with Gasteiger partial charge in [0.1, 0.15) is 12.0 Å². The molecule has 0 spiro atoms. The largest absolute Gasteiger partial charge is 0.493 e. The fourth-order valence-corrected chi connectivity index (χ4v) is 5.56. The van der Waals surface area contributed by atoms with Gasteiger partial charge in [-0.3, -0.25) is 9.78 Å². The molecule has 3 radical (unpaired) electrons. The number of rotatable bonds is 7. The van der Waals surface area contributed by atoms with Crippen LogP contribution in [-0.4, -0.2) is 56.4 Å². The molecule has 36 heavy (non-hydrogen) atoms. The maximum atomic E-state index is 13.6. The molecule has 1 saturated carbocycles. The molecule has 1 amide bonds. The molecule has 4 aromatic rings. The number of likely N-dealkylation sites (tertiary alicyclic amines) is 1. The maximum absolute atomic E-state index is 13.6. The lowest BCUT2D eigenvalue weighted by Gasteiger charge is -2.41. The van der Waals surface area contributed by atoms with Crippen molar-refractivity contribution in [2.75, 3.05) is 13.6 Å². The number of fused-ring (bicyclic) bond motifs is 1. The van der Waals surface area contributed by atoms with E-state index in [9.17, 15) is 4.79 Å². The van der Waals surface area contributed by atoms with Crippen LogP contribution in [0.4, 0.5) is 0 Å². The molecule has 0 bridgehead atoms. The Morgan fingerprint density at radius 3 is 2.78 bits per heavy atom. The third kappa shape index (κ3) is 4.10. The number of amides is 1. The van der Waals surface area contributed by atoms with Gasteiger partial charge in [0.25, 0.3) is 5.91 Å². The zero-order valence-electron chi connectivity index (χ0n) is 20.3. The minimum Gasteiger partial charge on any atom is -0.493 e. The van der Waals surface area contributed by atoms with Crippen molar-refractivity contribution in [1.29, 1.82) is 0 Å². The van der Waals surface area contributed by atoms with Crippen molar-refractivity contribution in [3.63, 3.8) is 0 Å². The number of likely N-dealkylation sites (N-methyl/N-ethyl adjacent to an activating group) is 1. The Labute approximate surface area is 213 Å². The number of hydrogen-bond donors (Lipinski definition) is 1. The number of benzene rings is 2. The summed E-state index contributed by atoms with van der Waals surface area (Å²) in [6.45, 7) is 3.02. The fourth-order valence-electron chi connectivity index (χ4n) is 5.00. The van der Waals surface area contributed by atoms with Crippen LogP contribution in [0.1, 0.15) is 40.7 Å². The topological polar surface area (TPSA) is 80.5 Å². The number of aryl methyl sites for hydroxylation is 1. The Kier molecular flexibility index (Phi) is 5.65. The summed E-state index contributed by atoms with van der Waals surface area (Å²) >= 11 is 0. The average molecular weight is 496 g/mol. The summed E-state index contributed by atoms with van der Waals surface area (Å²) in [5.74, 6) is 1.10. The predicted molar refractivity (Wildman–Crippen MR) is 138 cm³/mol. The first-order valence-electron chi connectivity index (χ1n) is 12.2. The van der Waals surface area contributed by atoms with E-state index in [4.69, 9.17) is 9.15 Å². The van der Waals surface area contributed by atoms with E-state index in [0.717, 1.165) is 53.4 Å². The van der Waals surface area contributed by atoms with Crippen LogP contribution in [0.25, 0.3) is 22.4 Å². The number of ether oxygens (including phenoxy) is 1. The highest BCUT2D eigenvalue weighted by Crippen LogP contribution is 2.49. The number of carbonyl (C=O) groups excluding carboxylic acids is 1. The van der Waals surface area contributed by atoms with Gasteiger partial charge >= 0.3 is 0 Å². The molecule has 1 N–H and O–H groups in total. The van der Waals surface area contributed by atoms with Crippen LogP contribution >= 0.6 is 0 Å². The predicted octanol–water partition coefficient (Wildman–Crippen LogP) is 4.19. The zero-order valence-corrected chi connectivity index (χ0v) is 21.3. The Hall–Kier alpha value is -3.49. The molecule has 1 aliphatic carbocycles. The van der Waals surface area contributed by atoms with Gasteiger partial charge in [-0.05, 0) is 81.2 Å². The minimum atomic E-state index is -0.462. The van der Waals surface area contributed by atoms with Gasteiger partial charge in [0, 0.05) is 28.8 Å². The SMILES string of the molecule is Cc1ccc(O[C@@H]([Si])[C@@H]2CCN2C)cc1C(=O)NC1(c2cc(-c3ncco3)cc3ncccc23)CC1. The van der Waals surface area contributed by atoms with Gasteiger partial charge in [-0.15, -0.1) is 0 Å². The first kappa shape index (κ1) is 22.9. The molecular weight excluding hydrogens is 468 g/mol. The third-order valence-corrected chi connectivity index (χ3v) is 7.93. The standard InChI is InChI=1S/C28H27N4O3Si/c1-17-5-6-19(35-27(36)24-7-12-32(24)2)16-21(17)25(33)31-28(8-9-28)22-14-18(26-30-11-13-34-26)15-23-20(22)4-3-10-29-23/h3-6,10-11,13-16,24,27H,7-9,12H2,1-2H3,(H,31,33)/t24-,27-/m0/s1. The molecule has 3 heterocycles. The van der Waals surface area contributed by atoms with Gasteiger partial charge in [0.05, 0.1) is 33.2 Å². The molecule has 1 aliphatic heterocycles. The highest BCUT2D eigenvalue weighted by Gasteiger charge is 2.47. The molecule has 0 unspecified atom stereocenters. The van der Waals surface area contributed by atoms with Crippen LogP contribution < -0.4 is 10.1 Å². The molecule has 2 aromatic carbocycles. The number of aromatic nitrogens is 2. The van der Waals surface area contributed by atoms with Crippen LogP contribution in [0.2, 0.25) is 0 Å². The molecular formula is C28H27N4O3Si. The Bertz CT molecular complexity index is 1430. The second-order valence-electron chi connectivity index (χ2n) is 9.82. The summed E-state index contributed by atoms with van der Waals surface area (Å²) in [6, 6.07) is 14.1. The third-order valence-electron chi connectivity index (χ3n) is 7.43. The number of nitrogens with zero attached hydrogens (tertiary/aromatic N) is 3.